The number of ether oxygens (including phenoxy) is 1. The molecule has 11 heteroatoms. The van der Waals surface area contributed by atoms with E-state index >= 15 is 0 Å². The van der Waals surface area contributed by atoms with Crippen LogP contribution in [0.5, 0.6) is 0 Å². The Morgan fingerprint density at radius 1 is 1.15 bits per heavy atom. The molecule has 1 aliphatic heterocycles. The van der Waals surface area contributed by atoms with Crippen LogP contribution in [-0.4, -0.2) is 17.1 Å². The van der Waals surface area contributed by atoms with Crippen LogP contribution in [0.2, 0.25) is 5.02 Å². The third kappa shape index (κ3) is 4.97. The van der Waals surface area contributed by atoms with Gasteiger partial charge in [-0.05, 0) is 43.7 Å². The van der Waals surface area contributed by atoms with Gasteiger partial charge in [-0.2, -0.15) is 13.2 Å². The highest BCUT2D eigenvalue weighted by Gasteiger charge is 2.35. The number of alkyl halides is 3. The van der Waals surface area contributed by atoms with Crippen LogP contribution in [0.4, 0.5) is 13.2 Å². The Balaban J connectivity index is 1.65. The number of allylic oxidation sites excluding steroid dienone is 1. The molecule has 200 valence electrons. The lowest BCUT2D eigenvalue weighted by atomic mass is 9.96. The zero-order chi connectivity index (χ0) is 27.9. The molecule has 3 heterocycles. The van der Waals surface area contributed by atoms with Gasteiger partial charge in [0.2, 0.25) is 0 Å². The van der Waals surface area contributed by atoms with E-state index in [2.05, 4.69) is 4.99 Å². The Bertz CT molecular complexity index is 1800. The first-order chi connectivity index (χ1) is 18.6. The van der Waals surface area contributed by atoms with Gasteiger partial charge in [-0.3, -0.25) is 9.36 Å². The number of carbonyl (C=O) groups excluding carboxylic acids is 1. The molecule has 0 amide bonds. The predicted octanol–water partition coefficient (Wildman–Crippen LogP) is 5.73. The van der Waals surface area contributed by atoms with E-state index in [0.717, 1.165) is 17.4 Å². The highest BCUT2D eigenvalue weighted by atomic mass is 35.5. The maximum atomic E-state index is 13.7. The van der Waals surface area contributed by atoms with E-state index in [4.69, 9.17) is 20.8 Å². The SMILES string of the molecule is CCOC(=O)C1=C(C)N=c2s/c(=C\c3ccc(-c4ccccc4C(F)(F)F)o3)c(=O)n2[C@@H]1c1ccccc1Cl. The first kappa shape index (κ1) is 26.7. The number of benzene rings is 2. The van der Waals surface area contributed by atoms with Gasteiger partial charge >= 0.3 is 12.1 Å². The molecule has 2 aromatic heterocycles. The van der Waals surface area contributed by atoms with Crippen LogP contribution in [0.1, 0.15) is 36.8 Å². The van der Waals surface area contributed by atoms with Gasteiger partial charge in [-0.1, -0.05) is 59.3 Å². The standard InChI is InChI=1S/C28H20ClF3N2O4S/c1-3-37-26(36)23-15(2)33-27-34(24(23)18-9-5-7-11-20(18)29)25(35)22(39-27)14-16-12-13-21(38-16)17-8-4-6-10-19(17)28(30,31)32/h4-14,24H,3H2,1-2H3/b22-14-/t24-/m1/s1. The lowest BCUT2D eigenvalue weighted by Gasteiger charge is -2.25. The summed E-state index contributed by atoms with van der Waals surface area (Å²) in [7, 11) is 0. The number of carbonyl (C=O) groups is 1. The zero-order valence-corrected chi connectivity index (χ0v) is 22.2. The van der Waals surface area contributed by atoms with Crippen molar-refractivity contribution in [1.82, 2.24) is 4.57 Å². The van der Waals surface area contributed by atoms with Crippen molar-refractivity contribution in [3.8, 4) is 11.3 Å². The van der Waals surface area contributed by atoms with Crippen molar-refractivity contribution in [2.75, 3.05) is 6.61 Å². The topological polar surface area (TPSA) is 73.8 Å². The van der Waals surface area contributed by atoms with Crippen molar-refractivity contribution in [2.24, 2.45) is 4.99 Å². The first-order valence-corrected chi connectivity index (χ1v) is 13.0. The fourth-order valence-electron chi connectivity index (χ4n) is 4.43. The molecule has 1 atom stereocenters. The number of fused-ring (bicyclic) bond motifs is 1. The molecule has 0 N–H and O–H groups in total. The molecular weight excluding hydrogens is 553 g/mol. The van der Waals surface area contributed by atoms with Crippen molar-refractivity contribution >= 4 is 35.0 Å². The van der Waals surface area contributed by atoms with E-state index in [0.29, 0.717) is 21.1 Å². The summed E-state index contributed by atoms with van der Waals surface area (Å²) in [6.07, 6.45) is -3.12. The number of rotatable bonds is 5. The second-order valence-corrected chi connectivity index (χ2v) is 9.99. The molecule has 0 spiro atoms. The number of aromatic nitrogens is 1. The Morgan fingerprint density at radius 2 is 1.87 bits per heavy atom. The number of halogens is 4. The summed E-state index contributed by atoms with van der Waals surface area (Å²) >= 11 is 7.56. The molecule has 4 aromatic rings. The largest absolute Gasteiger partial charge is 0.463 e. The van der Waals surface area contributed by atoms with E-state index < -0.39 is 29.3 Å². The van der Waals surface area contributed by atoms with Gasteiger partial charge < -0.3 is 9.15 Å². The summed E-state index contributed by atoms with van der Waals surface area (Å²) in [4.78, 5) is 31.5. The van der Waals surface area contributed by atoms with Gasteiger partial charge in [-0.25, -0.2) is 9.79 Å². The molecule has 0 saturated carbocycles. The van der Waals surface area contributed by atoms with Crippen LogP contribution in [-0.2, 0) is 15.7 Å². The van der Waals surface area contributed by atoms with Crippen molar-refractivity contribution in [2.45, 2.75) is 26.1 Å². The summed E-state index contributed by atoms with van der Waals surface area (Å²) in [6, 6.07) is 14.0. The Hall–Kier alpha value is -3.89. The average Bonchev–Trinajstić information content (AvgIpc) is 3.47. The summed E-state index contributed by atoms with van der Waals surface area (Å²) < 4.78 is 53.1. The van der Waals surface area contributed by atoms with E-state index in [1.54, 1.807) is 38.1 Å². The molecule has 0 saturated heterocycles. The maximum absolute atomic E-state index is 13.7. The second-order valence-electron chi connectivity index (χ2n) is 8.57. The summed E-state index contributed by atoms with van der Waals surface area (Å²) in [5.74, 6) is -0.420. The van der Waals surface area contributed by atoms with E-state index in [-0.39, 0.29) is 33.8 Å². The molecule has 6 nitrogen and oxygen atoms in total. The summed E-state index contributed by atoms with van der Waals surface area (Å²) in [5.41, 5.74) is -0.311. The van der Waals surface area contributed by atoms with Crippen LogP contribution < -0.4 is 14.9 Å². The molecule has 0 radical (unpaired) electrons. The van der Waals surface area contributed by atoms with Gasteiger partial charge in [-0.15, -0.1) is 0 Å². The zero-order valence-electron chi connectivity index (χ0n) is 20.6. The minimum atomic E-state index is -4.56. The summed E-state index contributed by atoms with van der Waals surface area (Å²) in [5, 5.41) is 0.354. The molecule has 1 aliphatic rings. The first-order valence-electron chi connectivity index (χ1n) is 11.8. The van der Waals surface area contributed by atoms with Crippen LogP contribution in [0.25, 0.3) is 17.4 Å². The molecule has 0 bridgehead atoms. The van der Waals surface area contributed by atoms with Crippen molar-refractivity contribution in [1.29, 1.82) is 0 Å². The number of furan rings is 1. The van der Waals surface area contributed by atoms with Gasteiger partial charge in [0.25, 0.3) is 5.56 Å². The third-order valence-corrected chi connectivity index (χ3v) is 7.44. The third-order valence-electron chi connectivity index (χ3n) is 6.11. The van der Waals surface area contributed by atoms with Crippen molar-refractivity contribution in [3.05, 3.63) is 114 Å². The van der Waals surface area contributed by atoms with Crippen LogP contribution in [0.15, 0.2) is 86.1 Å². The highest BCUT2D eigenvalue weighted by Crippen LogP contribution is 2.38. The molecule has 5 rings (SSSR count). The van der Waals surface area contributed by atoms with Crippen LogP contribution in [0.3, 0.4) is 0 Å². The number of hydrogen-bond donors (Lipinski definition) is 0. The van der Waals surface area contributed by atoms with Crippen molar-refractivity contribution in [3.63, 3.8) is 0 Å². The Morgan fingerprint density at radius 3 is 2.59 bits per heavy atom. The second kappa shape index (κ2) is 10.3. The molecule has 2 aromatic carbocycles. The predicted molar refractivity (Wildman–Crippen MR) is 141 cm³/mol. The summed E-state index contributed by atoms with van der Waals surface area (Å²) in [6.45, 7) is 3.47. The number of thiazole rings is 1. The smallest absolute Gasteiger partial charge is 0.417 e. The van der Waals surface area contributed by atoms with Gasteiger partial charge in [0.05, 0.1) is 28.0 Å². The fourth-order valence-corrected chi connectivity index (χ4v) is 5.70. The quantitative estimate of drug-likeness (QED) is 0.286. The molecular formula is C28H20ClF3N2O4S. The molecule has 39 heavy (non-hydrogen) atoms. The Kier molecular flexibility index (Phi) is 7.09. The maximum Gasteiger partial charge on any atom is 0.417 e. The molecule has 0 fully saturated rings. The van der Waals surface area contributed by atoms with Crippen molar-refractivity contribution < 1.29 is 27.1 Å². The normalized spacial score (nSPS) is 15.7. The van der Waals surface area contributed by atoms with Crippen LogP contribution in [0, 0.1) is 0 Å². The van der Waals surface area contributed by atoms with Gasteiger partial charge in [0.15, 0.2) is 4.80 Å². The lowest BCUT2D eigenvalue weighted by Crippen LogP contribution is -2.40. The minimum absolute atomic E-state index is 0.0105. The number of nitrogens with zero attached hydrogens (tertiary/aromatic N) is 2. The highest BCUT2D eigenvalue weighted by molar-refractivity contribution is 7.07. The van der Waals surface area contributed by atoms with E-state index in [1.165, 1.54) is 41.0 Å². The number of esters is 1. The van der Waals surface area contributed by atoms with E-state index in [1.807, 2.05) is 0 Å². The van der Waals surface area contributed by atoms with Gasteiger partial charge in [0, 0.05) is 16.7 Å². The average molecular weight is 573 g/mol. The fraction of sp³-hybridized carbons (Fsp3) is 0.179. The van der Waals surface area contributed by atoms with E-state index in [9.17, 15) is 22.8 Å². The Labute approximate surface area is 228 Å². The molecule has 0 unspecified atom stereocenters. The number of hydrogen-bond acceptors (Lipinski definition) is 6. The van der Waals surface area contributed by atoms with Gasteiger partial charge in [0.1, 0.15) is 17.6 Å². The lowest BCUT2D eigenvalue weighted by molar-refractivity contribution is -0.139. The molecule has 0 aliphatic carbocycles. The monoisotopic (exact) mass is 572 g/mol. The minimum Gasteiger partial charge on any atom is -0.463 e. The van der Waals surface area contributed by atoms with Crippen LogP contribution >= 0.6 is 22.9 Å².